The number of carbonyl (C=O) groups excluding carboxylic acids is 1. The lowest BCUT2D eigenvalue weighted by atomic mass is 9.91. The summed E-state index contributed by atoms with van der Waals surface area (Å²) >= 11 is 0. The Bertz CT molecular complexity index is 641. The average Bonchev–Trinajstić information content (AvgIpc) is 2.43. The third-order valence-electron chi connectivity index (χ3n) is 3.35. The Morgan fingerprint density at radius 3 is 2.04 bits per heavy atom. The molecule has 0 heterocycles. The Kier molecular flexibility index (Phi) is 8.37. The van der Waals surface area contributed by atoms with E-state index in [4.69, 9.17) is 4.55 Å². The average molecular weight is 428 g/mol. The number of halogens is 5. The lowest BCUT2D eigenvalue weighted by Gasteiger charge is -2.35. The van der Waals surface area contributed by atoms with Crippen LogP contribution >= 0.6 is 0 Å². The van der Waals surface area contributed by atoms with Gasteiger partial charge in [0.2, 0.25) is 0 Å². The number of alkyl halides is 5. The second kappa shape index (κ2) is 8.80. The van der Waals surface area contributed by atoms with Crippen molar-refractivity contribution in [1.82, 2.24) is 0 Å². The van der Waals surface area contributed by atoms with Crippen LogP contribution < -0.4 is 0 Å². The summed E-state index contributed by atoms with van der Waals surface area (Å²) in [5.41, 5.74) is -4.08. The third-order valence-corrected chi connectivity index (χ3v) is 4.22. The van der Waals surface area contributed by atoms with Gasteiger partial charge in [-0.05, 0) is 19.3 Å². The molecule has 2 atom stereocenters. The fourth-order valence-electron chi connectivity index (χ4n) is 1.64. The first kappa shape index (κ1) is 25.7. The second-order valence-electron chi connectivity index (χ2n) is 6.38. The Labute approximate surface area is 152 Å². The van der Waals surface area contributed by atoms with Gasteiger partial charge in [-0.25, -0.2) is 4.79 Å². The lowest BCUT2D eigenvalue weighted by molar-refractivity contribution is -0.286. The molecule has 27 heavy (non-hydrogen) atoms. The van der Waals surface area contributed by atoms with Crippen LogP contribution in [-0.2, 0) is 24.4 Å². The first-order chi connectivity index (χ1) is 11.8. The maximum absolute atomic E-state index is 13.0. The minimum atomic E-state index is -5.75. The van der Waals surface area contributed by atoms with Gasteiger partial charge in [0.25, 0.3) is 0 Å². The first-order valence-corrected chi connectivity index (χ1v) is 8.87. The van der Waals surface area contributed by atoms with Gasteiger partial charge in [-0.3, -0.25) is 4.55 Å². The number of hydrogen-bond donors (Lipinski definition) is 2. The molecule has 0 radical (unpaired) electrons. The summed E-state index contributed by atoms with van der Waals surface area (Å²) in [5, 5.41) is 5.05. The van der Waals surface area contributed by atoms with Gasteiger partial charge in [0.15, 0.2) is 5.60 Å². The van der Waals surface area contributed by atoms with Gasteiger partial charge in [-0.1, -0.05) is 20.4 Å². The van der Waals surface area contributed by atoms with Gasteiger partial charge in [0.1, 0.15) is 12.7 Å². The molecule has 160 valence electrons. The molecule has 2 unspecified atom stereocenters. The number of esters is 1. The summed E-state index contributed by atoms with van der Waals surface area (Å²) in [7, 11) is -5.75. The van der Waals surface area contributed by atoms with E-state index in [1.165, 1.54) is 13.8 Å². The summed E-state index contributed by atoms with van der Waals surface area (Å²) < 4.78 is 103. The highest BCUT2D eigenvalue weighted by Gasteiger charge is 2.56. The number of carbonyl (C=O) groups is 1. The second-order valence-corrected chi connectivity index (χ2v) is 7.92. The van der Waals surface area contributed by atoms with Crippen LogP contribution in [-0.4, -0.2) is 60.4 Å². The molecular formula is C14H21F5O7S. The molecule has 0 aromatic carbocycles. The van der Waals surface area contributed by atoms with Gasteiger partial charge in [0.05, 0.1) is 12.2 Å². The standard InChI is InChI=1S/C14H21F5O7S/c1-8(2)5-10(12(4,21)14(17,18)19)26-11(20)9(3)6-25-7-13(15,16)27(22,23)24/h8,10,21H,3,5-7H2,1-2,4H3,(H,22,23,24). The van der Waals surface area contributed by atoms with Crippen molar-refractivity contribution in [2.75, 3.05) is 13.2 Å². The first-order valence-electron chi connectivity index (χ1n) is 7.43. The molecule has 0 aromatic rings. The summed E-state index contributed by atoms with van der Waals surface area (Å²) in [6.07, 6.45) is -7.50. The smallest absolute Gasteiger partial charge is 0.420 e. The van der Waals surface area contributed by atoms with Crippen molar-refractivity contribution in [2.24, 2.45) is 5.92 Å². The third kappa shape index (κ3) is 7.31. The van der Waals surface area contributed by atoms with Crippen LogP contribution in [0.3, 0.4) is 0 Å². The molecule has 0 saturated carbocycles. The van der Waals surface area contributed by atoms with E-state index in [0.717, 1.165) is 0 Å². The zero-order valence-electron chi connectivity index (χ0n) is 14.7. The quantitative estimate of drug-likeness (QED) is 0.238. The van der Waals surface area contributed by atoms with E-state index >= 15 is 0 Å². The van der Waals surface area contributed by atoms with Crippen LogP contribution in [0.4, 0.5) is 22.0 Å². The number of hydrogen-bond acceptors (Lipinski definition) is 6. The molecule has 2 N–H and O–H groups in total. The van der Waals surface area contributed by atoms with Crippen LogP contribution in [0.1, 0.15) is 27.2 Å². The van der Waals surface area contributed by atoms with Crippen LogP contribution in [0.2, 0.25) is 0 Å². The van der Waals surface area contributed by atoms with Crippen LogP contribution in [0, 0.1) is 5.92 Å². The van der Waals surface area contributed by atoms with Crippen molar-refractivity contribution in [3.05, 3.63) is 12.2 Å². The van der Waals surface area contributed by atoms with Crippen molar-refractivity contribution >= 4 is 16.1 Å². The van der Waals surface area contributed by atoms with E-state index in [-0.39, 0.29) is 6.42 Å². The molecule has 0 rings (SSSR count). The highest BCUT2D eigenvalue weighted by molar-refractivity contribution is 7.86. The number of ether oxygens (including phenoxy) is 2. The van der Waals surface area contributed by atoms with Crippen molar-refractivity contribution in [2.45, 2.75) is 50.3 Å². The summed E-state index contributed by atoms with van der Waals surface area (Å²) in [6.45, 7) is 3.71. The summed E-state index contributed by atoms with van der Waals surface area (Å²) in [5.74, 6) is -1.87. The Morgan fingerprint density at radius 1 is 1.19 bits per heavy atom. The molecular weight excluding hydrogens is 407 g/mol. The predicted molar refractivity (Wildman–Crippen MR) is 82.5 cm³/mol. The minimum Gasteiger partial charge on any atom is -0.456 e. The maximum atomic E-state index is 13.0. The van der Waals surface area contributed by atoms with Crippen molar-refractivity contribution < 1.29 is 54.3 Å². The summed E-state index contributed by atoms with van der Waals surface area (Å²) in [6, 6.07) is 0. The molecule has 13 heteroatoms. The highest BCUT2D eigenvalue weighted by Crippen LogP contribution is 2.36. The molecule has 0 spiro atoms. The Balaban J connectivity index is 5.02. The molecule has 0 aliphatic carbocycles. The molecule has 0 fully saturated rings. The van der Waals surface area contributed by atoms with Crippen molar-refractivity contribution in [3.8, 4) is 0 Å². The van der Waals surface area contributed by atoms with Gasteiger partial charge in [-0.15, -0.1) is 0 Å². The fourth-order valence-corrected chi connectivity index (χ4v) is 1.87. The molecule has 0 amide bonds. The van der Waals surface area contributed by atoms with Crippen molar-refractivity contribution in [1.29, 1.82) is 0 Å². The van der Waals surface area contributed by atoms with Gasteiger partial charge >= 0.3 is 27.5 Å². The maximum Gasteiger partial charge on any atom is 0.420 e. The molecule has 0 aliphatic rings. The molecule has 0 bridgehead atoms. The van der Waals surface area contributed by atoms with Crippen LogP contribution in [0.25, 0.3) is 0 Å². The highest BCUT2D eigenvalue weighted by atomic mass is 32.2. The fraction of sp³-hybridized carbons (Fsp3) is 0.786. The van der Waals surface area contributed by atoms with Gasteiger partial charge < -0.3 is 14.6 Å². The Morgan fingerprint density at radius 2 is 1.67 bits per heavy atom. The zero-order chi connectivity index (χ0) is 21.8. The van der Waals surface area contributed by atoms with Crippen molar-refractivity contribution in [3.63, 3.8) is 0 Å². The van der Waals surface area contributed by atoms with E-state index in [9.17, 15) is 40.3 Å². The zero-order valence-corrected chi connectivity index (χ0v) is 15.5. The SMILES string of the molecule is C=C(COCC(F)(F)S(=O)(=O)O)C(=O)OC(CC(C)C)C(C)(O)C(F)(F)F. The molecule has 0 aromatic heterocycles. The minimum absolute atomic E-state index is 0.368. The van der Waals surface area contributed by atoms with E-state index in [1.807, 2.05) is 0 Å². The number of rotatable bonds is 10. The van der Waals surface area contributed by atoms with E-state index in [1.54, 1.807) is 0 Å². The Hall–Kier alpha value is -1.31. The predicted octanol–water partition coefficient (Wildman–Crippen LogP) is 2.31. The molecule has 7 nitrogen and oxygen atoms in total. The normalized spacial score (nSPS) is 16.7. The monoisotopic (exact) mass is 428 g/mol. The topological polar surface area (TPSA) is 110 Å². The van der Waals surface area contributed by atoms with E-state index < -0.39 is 63.9 Å². The molecule has 0 saturated heterocycles. The lowest BCUT2D eigenvalue weighted by Crippen LogP contribution is -2.54. The molecule has 0 aliphatic heterocycles. The van der Waals surface area contributed by atoms with Gasteiger partial charge in [-0.2, -0.15) is 30.4 Å². The largest absolute Gasteiger partial charge is 0.456 e. The number of aliphatic hydroxyl groups is 1. The van der Waals surface area contributed by atoms with E-state index in [0.29, 0.717) is 6.92 Å². The van der Waals surface area contributed by atoms with Gasteiger partial charge in [0, 0.05) is 0 Å². The summed E-state index contributed by atoms with van der Waals surface area (Å²) in [4.78, 5) is 11.8. The van der Waals surface area contributed by atoms with Crippen LogP contribution in [0.5, 0.6) is 0 Å². The van der Waals surface area contributed by atoms with E-state index in [2.05, 4.69) is 16.1 Å². The van der Waals surface area contributed by atoms with Crippen LogP contribution in [0.15, 0.2) is 12.2 Å².